The SMILES string of the molecule is Cc1ccc(-c2nc(SCCOc3ccc(C#N)cc3)n[nH]2)cc1. The number of aryl methyl sites for hydroxylation is 1. The molecule has 2 aromatic carbocycles. The van der Waals surface area contributed by atoms with E-state index in [4.69, 9.17) is 10.00 Å². The van der Waals surface area contributed by atoms with Crippen molar-refractivity contribution in [1.29, 1.82) is 5.26 Å². The number of nitrogens with zero attached hydrogens (tertiary/aromatic N) is 3. The Morgan fingerprint density at radius 2 is 1.88 bits per heavy atom. The minimum Gasteiger partial charge on any atom is -0.493 e. The van der Waals surface area contributed by atoms with Crippen molar-refractivity contribution < 1.29 is 4.74 Å². The van der Waals surface area contributed by atoms with Gasteiger partial charge in [-0.15, -0.1) is 5.10 Å². The second-order valence-electron chi connectivity index (χ2n) is 5.17. The fraction of sp³-hybridized carbons (Fsp3) is 0.167. The molecule has 0 spiro atoms. The third kappa shape index (κ3) is 4.15. The van der Waals surface area contributed by atoms with Crippen LogP contribution in [0.2, 0.25) is 0 Å². The molecule has 24 heavy (non-hydrogen) atoms. The van der Waals surface area contributed by atoms with Gasteiger partial charge >= 0.3 is 0 Å². The van der Waals surface area contributed by atoms with Crippen molar-refractivity contribution in [3.05, 3.63) is 59.7 Å². The quantitative estimate of drug-likeness (QED) is 0.547. The van der Waals surface area contributed by atoms with Crippen molar-refractivity contribution >= 4 is 11.8 Å². The molecule has 0 aliphatic heterocycles. The molecule has 0 amide bonds. The number of nitrogens with one attached hydrogen (secondary N) is 1. The van der Waals surface area contributed by atoms with Crippen LogP contribution in [0.1, 0.15) is 11.1 Å². The molecule has 0 aliphatic carbocycles. The molecule has 3 rings (SSSR count). The maximum absolute atomic E-state index is 8.76. The molecule has 5 nitrogen and oxygen atoms in total. The lowest BCUT2D eigenvalue weighted by molar-refractivity contribution is 0.344. The summed E-state index contributed by atoms with van der Waals surface area (Å²) >= 11 is 1.54. The molecule has 3 aromatic rings. The van der Waals surface area contributed by atoms with Gasteiger partial charge in [-0.3, -0.25) is 5.10 Å². The van der Waals surface area contributed by atoms with E-state index in [1.54, 1.807) is 24.3 Å². The molecule has 120 valence electrons. The van der Waals surface area contributed by atoms with E-state index in [0.717, 1.165) is 22.9 Å². The van der Waals surface area contributed by atoms with Crippen molar-refractivity contribution in [2.45, 2.75) is 12.1 Å². The predicted octanol–water partition coefficient (Wildman–Crippen LogP) is 3.82. The second kappa shape index (κ2) is 7.66. The average Bonchev–Trinajstić information content (AvgIpc) is 3.09. The molecule has 0 saturated carbocycles. The number of hydrogen-bond acceptors (Lipinski definition) is 5. The van der Waals surface area contributed by atoms with Gasteiger partial charge in [0.1, 0.15) is 5.75 Å². The highest BCUT2D eigenvalue weighted by Crippen LogP contribution is 2.20. The molecule has 0 bridgehead atoms. The summed E-state index contributed by atoms with van der Waals surface area (Å²) in [5.74, 6) is 2.26. The molecular formula is C18H16N4OS. The summed E-state index contributed by atoms with van der Waals surface area (Å²) in [4.78, 5) is 4.48. The maximum atomic E-state index is 8.76. The summed E-state index contributed by atoms with van der Waals surface area (Å²) in [7, 11) is 0. The number of ether oxygens (including phenoxy) is 1. The standard InChI is InChI=1S/C18H16N4OS/c1-13-2-6-15(7-3-13)17-20-18(22-21-17)24-11-10-23-16-8-4-14(12-19)5-9-16/h2-9H,10-11H2,1H3,(H,20,21,22). The Morgan fingerprint density at radius 3 is 2.58 bits per heavy atom. The van der Waals surface area contributed by atoms with E-state index >= 15 is 0 Å². The van der Waals surface area contributed by atoms with Gasteiger partial charge in [0.15, 0.2) is 5.82 Å². The molecule has 0 aliphatic rings. The molecule has 0 fully saturated rings. The Hall–Kier alpha value is -2.78. The number of aromatic amines is 1. The van der Waals surface area contributed by atoms with Crippen LogP contribution in [0.5, 0.6) is 5.75 Å². The number of thioether (sulfide) groups is 1. The van der Waals surface area contributed by atoms with E-state index in [2.05, 4.69) is 40.3 Å². The van der Waals surface area contributed by atoms with Crippen LogP contribution in [-0.4, -0.2) is 27.5 Å². The maximum Gasteiger partial charge on any atom is 0.208 e. The van der Waals surface area contributed by atoms with Crippen LogP contribution in [0.4, 0.5) is 0 Å². The zero-order valence-electron chi connectivity index (χ0n) is 13.2. The van der Waals surface area contributed by atoms with E-state index in [9.17, 15) is 0 Å². The number of nitriles is 1. The molecule has 0 atom stereocenters. The Balaban J connectivity index is 1.48. The molecule has 6 heteroatoms. The van der Waals surface area contributed by atoms with Crippen molar-refractivity contribution in [1.82, 2.24) is 15.2 Å². The van der Waals surface area contributed by atoms with Gasteiger partial charge in [-0.2, -0.15) is 5.26 Å². The first-order valence-corrected chi connectivity index (χ1v) is 8.48. The number of H-pyrrole nitrogens is 1. The highest BCUT2D eigenvalue weighted by Gasteiger charge is 2.06. The highest BCUT2D eigenvalue weighted by atomic mass is 32.2. The lowest BCUT2D eigenvalue weighted by Crippen LogP contribution is -2.00. The number of rotatable bonds is 6. The van der Waals surface area contributed by atoms with Gasteiger partial charge in [0.2, 0.25) is 5.16 Å². The first kappa shape index (κ1) is 16.1. The van der Waals surface area contributed by atoms with Gasteiger partial charge in [-0.1, -0.05) is 41.6 Å². The summed E-state index contributed by atoms with van der Waals surface area (Å²) in [5, 5.41) is 16.6. The van der Waals surface area contributed by atoms with Crippen molar-refractivity contribution in [3.8, 4) is 23.2 Å². The van der Waals surface area contributed by atoms with E-state index in [-0.39, 0.29) is 0 Å². The highest BCUT2D eigenvalue weighted by molar-refractivity contribution is 7.99. The zero-order chi connectivity index (χ0) is 16.8. The van der Waals surface area contributed by atoms with Crippen LogP contribution >= 0.6 is 11.8 Å². The van der Waals surface area contributed by atoms with Crippen molar-refractivity contribution in [2.75, 3.05) is 12.4 Å². The first-order chi connectivity index (χ1) is 11.7. The van der Waals surface area contributed by atoms with Gasteiger partial charge in [0.05, 0.1) is 18.2 Å². The smallest absolute Gasteiger partial charge is 0.208 e. The number of hydrogen-bond donors (Lipinski definition) is 1. The van der Waals surface area contributed by atoms with Gasteiger partial charge in [-0.05, 0) is 31.2 Å². The van der Waals surface area contributed by atoms with Crippen LogP contribution in [0.25, 0.3) is 11.4 Å². The summed E-state index contributed by atoms with van der Waals surface area (Å²) in [6, 6.07) is 17.3. The normalized spacial score (nSPS) is 10.3. The number of benzene rings is 2. The van der Waals surface area contributed by atoms with Crippen molar-refractivity contribution in [3.63, 3.8) is 0 Å². The van der Waals surface area contributed by atoms with Crippen molar-refractivity contribution in [2.24, 2.45) is 0 Å². The van der Waals surface area contributed by atoms with E-state index in [0.29, 0.717) is 17.3 Å². The van der Waals surface area contributed by atoms with E-state index in [1.807, 2.05) is 12.1 Å². The minimum absolute atomic E-state index is 0.547. The topological polar surface area (TPSA) is 74.6 Å². The van der Waals surface area contributed by atoms with Gasteiger partial charge in [0, 0.05) is 11.3 Å². The number of aromatic nitrogens is 3. The van der Waals surface area contributed by atoms with Gasteiger partial charge in [-0.25, -0.2) is 4.98 Å². The summed E-state index contributed by atoms with van der Waals surface area (Å²) in [6.07, 6.45) is 0. The summed E-state index contributed by atoms with van der Waals surface area (Å²) in [6.45, 7) is 2.60. The van der Waals surface area contributed by atoms with Gasteiger partial charge < -0.3 is 4.74 Å². The van der Waals surface area contributed by atoms with Crippen LogP contribution in [0.15, 0.2) is 53.7 Å². The lowest BCUT2D eigenvalue weighted by Gasteiger charge is -2.04. The monoisotopic (exact) mass is 336 g/mol. The zero-order valence-corrected chi connectivity index (χ0v) is 14.0. The molecule has 0 saturated heterocycles. The molecular weight excluding hydrogens is 320 g/mol. The first-order valence-electron chi connectivity index (χ1n) is 7.50. The lowest BCUT2D eigenvalue weighted by atomic mass is 10.1. The molecule has 1 N–H and O–H groups in total. The van der Waals surface area contributed by atoms with Gasteiger partial charge in [0.25, 0.3) is 0 Å². The third-order valence-corrected chi connectivity index (χ3v) is 4.17. The Kier molecular flexibility index (Phi) is 5.14. The second-order valence-corrected chi connectivity index (χ2v) is 6.23. The predicted molar refractivity (Wildman–Crippen MR) is 93.9 cm³/mol. The largest absolute Gasteiger partial charge is 0.493 e. The summed E-state index contributed by atoms with van der Waals surface area (Å²) < 4.78 is 5.64. The molecule has 1 heterocycles. The molecule has 0 radical (unpaired) electrons. The fourth-order valence-electron chi connectivity index (χ4n) is 2.07. The third-order valence-electron chi connectivity index (χ3n) is 3.36. The van der Waals surface area contributed by atoms with Crippen LogP contribution in [0.3, 0.4) is 0 Å². The fourth-order valence-corrected chi connectivity index (χ4v) is 2.68. The summed E-state index contributed by atoms with van der Waals surface area (Å²) in [5.41, 5.74) is 2.86. The average molecular weight is 336 g/mol. The Labute approximate surface area is 144 Å². The Bertz CT molecular complexity index is 835. The Morgan fingerprint density at radius 1 is 1.12 bits per heavy atom. The van der Waals surface area contributed by atoms with Crippen LogP contribution in [0, 0.1) is 18.3 Å². The molecule has 0 unspecified atom stereocenters. The van der Waals surface area contributed by atoms with Crippen LogP contribution < -0.4 is 4.74 Å². The minimum atomic E-state index is 0.547. The van der Waals surface area contributed by atoms with E-state index < -0.39 is 0 Å². The molecule has 1 aromatic heterocycles. The van der Waals surface area contributed by atoms with E-state index in [1.165, 1.54) is 17.3 Å². The van der Waals surface area contributed by atoms with Crippen LogP contribution in [-0.2, 0) is 0 Å².